The number of carbonyl (C=O) groups excluding carboxylic acids is 1. The summed E-state index contributed by atoms with van der Waals surface area (Å²) < 4.78 is 4.58. The second-order valence-corrected chi connectivity index (χ2v) is 2.96. The minimum absolute atomic E-state index is 0.146. The van der Waals surface area contributed by atoms with Gasteiger partial charge >= 0.3 is 5.97 Å². The molecule has 12 heavy (non-hydrogen) atoms. The zero-order chi connectivity index (χ0) is 8.97. The molecule has 0 aliphatic carbocycles. The van der Waals surface area contributed by atoms with Crippen LogP contribution in [0.5, 0.6) is 0 Å². The molecule has 1 saturated heterocycles. The SMILES string of the molecule is COC(=O)C(CO)N1CCCC1. The molecule has 0 saturated carbocycles. The minimum Gasteiger partial charge on any atom is -0.468 e. The van der Waals surface area contributed by atoms with Gasteiger partial charge in [0.2, 0.25) is 0 Å². The van der Waals surface area contributed by atoms with Gasteiger partial charge in [0, 0.05) is 0 Å². The predicted molar refractivity (Wildman–Crippen MR) is 43.7 cm³/mol. The van der Waals surface area contributed by atoms with Crippen molar-refractivity contribution >= 4 is 5.97 Å². The van der Waals surface area contributed by atoms with E-state index in [1.54, 1.807) is 0 Å². The van der Waals surface area contributed by atoms with E-state index >= 15 is 0 Å². The van der Waals surface area contributed by atoms with E-state index in [0.29, 0.717) is 0 Å². The van der Waals surface area contributed by atoms with Crippen LogP contribution in [0.25, 0.3) is 0 Å². The Bertz CT molecular complexity index is 154. The summed E-state index contributed by atoms with van der Waals surface area (Å²) in [6.07, 6.45) is 2.21. The number of esters is 1. The first kappa shape index (κ1) is 9.48. The zero-order valence-corrected chi connectivity index (χ0v) is 7.32. The minimum atomic E-state index is -0.447. The van der Waals surface area contributed by atoms with Crippen LogP contribution in [0, 0.1) is 0 Å². The Morgan fingerprint density at radius 1 is 1.58 bits per heavy atom. The average molecular weight is 173 g/mol. The van der Waals surface area contributed by atoms with Crippen LogP contribution in [-0.4, -0.2) is 48.8 Å². The summed E-state index contributed by atoms with van der Waals surface area (Å²) in [5.74, 6) is -0.334. The van der Waals surface area contributed by atoms with Gasteiger partial charge in [-0.05, 0) is 25.9 Å². The summed E-state index contributed by atoms with van der Waals surface area (Å²) in [6.45, 7) is 1.63. The largest absolute Gasteiger partial charge is 0.468 e. The van der Waals surface area contributed by atoms with Crippen molar-refractivity contribution in [3.8, 4) is 0 Å². The fourth-order valence-electron chi connectivity index (χ4n) is 1.53. The molecule has 0 aromatic heterocycles. The van der Waals surface area contributed by atoms with Gasteiger partial charge in [-0.15, -0.1) is 0 Å². The Morgan fingerprint density at radius 2 is 2.17 bits per heavy atom. The molecule has 4 heteroatoms. The number of ether oxygens (including phenoxy) is 1. The highest BCUT2D eigenvalue weighted by atomic mass is 16.5. The van der Waals surface area contributed by atoms with Gasteiger partial charge in [-0.25, -0.2) is 0 Å². The molecular weight excluding hydrogens is 158 g/mol. The van der Waals surface area contributed by atoms with Crippen LogP contribution in [-0.2, 0) is 9.53 Å². The first-order chi connectivity index (χ1) is 5.79. The normalized spacial score (nSPS) is 20.8. The van der Waals surface area contributed by atoms with Gasteiger partial charge in [-0.2, -0.15) is 0 Å². The third-order valence-electron chi connectivity index (χ3n) is 2.23. The molecule has 0 aromatic carbocycles. The molecule has 1 unspecified atom stereocenters. The number of hydrogen-bond donors (Lipinski definition) is 1. The molecule has 0 aromatic rings. The van der Waals surface area contributed by atoms with E-state index in [9.17, 15) is 4.79 Å². The van der Waals surface area contributed by atoms with Crippen molar-refractivity contribution in [1.29, 1.82) is 0 Å². The lowest BCUT2D eigenvalue weighted by atomic mass is 10.3. The molecule has 0 spiro atoms. The Kier molecular flexibility index (Phi) is 3.49. The number of hydrogen-bond acceptors (Lipinski definition) is 4. The molecule has 0 bridgehead atoms. The zero-order valence-electron chi connectivity index (χ0n) is 7.32. The molecule has 1 atom stereocenters. The van der Waals surface area contributed by atoms with E-state index < -0.39 is 6.04 Å². The molecule has 4 nitrogen and oxygen atoms in total. The summed E-state index contributed by atoms with van der Waals surface area (Å²) in [5.41, 5.74) is 0. The fourth-order valence-corrected chi connectivity index (χ4v) is 1.53. The Morgan fingerprint density at radius 3 is 2.58 bits per heavy atom. The van der Waals surface area contributed by atoms with Gasteiger partial charge in [0.15, 0.2) is 0 Å². The van der Waals surface area contributed by atoms with Crippen LogP contribution < -0.4 is 0 Å². The first-order valence-electron chi connectivity index (χ1n) is 4.22. The van der Waals surface area contributed by atoms with Crippen LogP contribution in [0.2, 0.25) is 0 Å². The monoisotopic (exact) mass is 173 g/mol. The average Bonchev–Trinajstić information content (AvgIpc) is 2.58. The second-order valence-electron chi connectivity index (χ2n) is 2.96. The van der Waals surface area contributed by atoms with Crippen LogP contribution >= 0.6 is 0 Å². The van der Waals surface area contributed by atoms with E-state index in [-0.39, 0.29) is 12.6 Å². The van der Waals surface area contributed by atoms with Gasteiger partial charge in [0.1, 0.15) is 6.04 Å². The van der Waals surface area contributed by atoms with Crippen molar-refractivity contribution in [2.45, 2.75) is 18.9 Å². The van der Waals surface area contributed by atoms with Crippen LogP contribution in [0.4, 0.5) is 0 Å². The molecular formula is C8H15NO3. The topological polar surface area (TPSA) is 49.8 Å². The molecule has 1 rings (SSSR count). The molecule has 0 amide bonds. The van der Waals surface area contributed by atoms with E-state index in [0.717, 1.165) is 25.9 Å². The number of nitrogens with zero attached hydrogens (tertiary/aromatic N) is 1. The lowest BCUT2D eigenvalue weighted by molar-refractivity contribution is -0.148. The predicted octanol–water partition coefficient (Wildman–Crippen LogP) is -0.384. The summed E-state index contributed by atoms with van der Waals surface area (Å²) in [5, 5.41) is 8.95. The molecule has 70 valence electrons. The second kappa shape index (κ2) is 4.42. The van der Waals surface area contributed by atoms with Crippen LogP contribution in [0.15, 0.2) is 0 Å². The Balaban J connectivity index is 2.48. The van der Waals surface area contributed by atoms with Crippen LogP contribution in [0.1, 0.15) is 12.8 Å². The van der Waals surface area contributed by atoms with Crippen LogP contribution in [0.3, 0.4) is 0 Å². The van der Waals surface area contributed by atoms with Crippen molar-refractivity contribution < 1.29 is 14.6 Å². The molecule has 0 radical (unpaired) electrons. The molecule has 1 aliphatic rings. The number of likely N-dealkylation sites (tertiary alicyclic amines) is 1. The number of carbonyl (C=O) groups is 1. The first-order valence-corrected chi connectivity index (χ1v) is 4.22. The maximum Gasteiger partial charge on any atom is 0.325 e. The van der Waals surface area contributed by atoms with Crippen molar-refractivity contribution in [1.82, 2.24) is 4.90 Å². The Labute approximate surface area is 72.1 Å². The summed E-state index contributed by atoms with van der Waals surface area (Å²) >= 11 is 0. The number of aliphatic hydroxyl groups excluding tert-OH is 1. The van der Waals surface area contributed by atoms with E-state index in [1.165, 1.54) is 7.11 Å². The van der Waals surface area contributed by atoms with Gasteiger partial charge in [0.25, 0.3) is 0 Å². The van der Waals surface area contributed by atoms with Crippen molar-refractivity contribution in [2.75, 3.05) is 26.8 Å². The maximum atomic E-state index is 11.1. The summed E-state index contributed by atoms with van der Waals surface area (Å²) in [4.78, 5) is 13.1. The van der Waals surface area contributed by atoms with Gasteiger partial charge in [-0.1, -0.05) is 0 Å². The van der Waals surface area contributed by atoms with E-state index in [1.807, 2.05) is 4.90 Å². The number of rotatable bonds is 3. The quantitative estimate of drug-likeness (QED) is 0.591. The smallest absolute Gasteiger partial charge is 0.325 e. The van der Waals surface area contributed by atoms with Gasteiger partial charge in [0.05, 0.1) is 13.7 Å². The van der Waals surface area contributed by atoms with Gasteiger partial charge < -0.3 is 9.84 Å². The Hall–Kier alpha value is -0.610. The highest BCUT2D eigenvalue weighted by Crippen LogP contribution is 2.12. The third-order valence-corrected chi connectivity index (χ3v) is 2.23. The van der Waals surface area contributed by atoms with E-state index in [4.69, 9.17) is 5.11 Å². The molecule has 1 aliphatic heterocycles. The maximum absolute atomic E-state index is 11.1. The lowest BCUT2D eigenvalue weighted by Crippen LogP contribution is -2.42. The highest BCUT2D eigenvalue weighted by Gasteiger charge is 2.27. The lowest BCUT2D eigenvalue weighted by Gasteiger charge is -2.22. The van der Waals surface area contributed by atoms with E-state index in [2.05, 4.69) is 4.74 Å². The van der Waals surface area contributed by atoms with Crippen molar-refractivity contribution in [2.24, 2.45) is 0 Å². The highest BCUT2D eigenvalue weighted by molar-refractivity contribution is 5.75. The number of aliphatic hydroxyl groups is 1. The molecule has 1 N–H and O–H groups in total. The van der Waals surface area contributed by atoms with Gasteiger partial charge in [-0.3, -0.25) is 9.69 Å². The third kappa shape index (κ3) is 1.95. The summed E-state index contributed by atoms with van der Waals surface area (Å²) in [6, 6.07) is -0.447. The van der Waals surface area contributed by atoms with Crippen molar-refractivity contribution in [3.63, 3.8) is 0 Å². The molecule has 1 fully saturated rings. The standard InChI is InChI=1S/C8H15NO3/c1-12-8(11)7(6-10)9-4-2-3-5-9/h7,10H,2-6H2,1H3. The fraction of sp³-hybridized carbons (Fsp3) is 0.875. The summed E-state index contributed by atoms with van der Waals surface area (Å²) in [7, 11) is 1.35. The number of methoxy groups -OCH3 is 1. The molecule has 1 heterocycles. The van der Waals surface area contributed by atoms with Crippen molar-refractivity contribution in [3.05, 3.63) is 0 Å².